The summed E-state index contributed by atoms with van der Waals surface area (Å²) in [5.41, 5.74) is 2.41. The third-order valence-corrected chi connectivity index (χ3v) is 3.46. The number of carbonyl (C=O) groups excluding carboxylic acids is 1. The molecule has 0 aliphatic carbocycles. The largest absolute Gasteiger partial charge is 0.354 e. The number of imidazole rings is 1. The average Bonchev–Trinajstić information content (AvgIpc) is 2.79. The molecule has 1 amide bonds. The molecule has 0 saturated heterocycles. The van der Waals surface area contributed by atoms with E-state index in [1.54, 1.807) is 0 Å². The predicted octanol–water partition coefficient (Wildman–Crippen LogP) is 0.834. The van der Waals surface area contributed by atoms with Crippen LogP contribution in [0.25, 0.3) is 0 Å². The first-order valence-electron chi connectivity index (χ1n) is 6.73. The van der Waals surface area contributed by atoms with Gasteiger partial charge < -0.3 is 15.2 Å². The maximum absolute atomic E-state index is 11.7. The zero-order valence-electron chi connectivity index (χ0n) is 11.2. The molecule has 1 unspecified atom stereocenters. The Morgan fingerprint density at radius 3 is 3.28 bits per heavy atom. The highest BCUT2D eigenvalue weighted by molar-refractivity contribution is 5.76. The van der Waals surface area contributed by atoms with Gasteiger partial charge in [-0.3, -0.25) is 4.79 Å². The number of amides is 1. The van der Waals surface area contributed by atoms with Gasteiger partial charge in [0.1, 0.15) is 0 Å². The zero-order chi connectivity index (χ0) is 13.0. The summed E-state index contributed by atoms with van der Waals surface area (Å²) < 4.78 is 2.12. The molecule has 100 valence electrons. The smallest absolute Gasteiger partial charge is 0.221 e. The highest BCUT2D eigenvalue weighted by atomic mass is 16.1. The second-order valence-electron chi connectivity index (χ2n) is 4.88. The molecule has 1 atom stereocenters. The van der Waals surface area contributed by atoms with Crippen LogP contribution in [0.3, 0.4) is 0 Å². The van der Waals surface area contributed by atoms with Gasteiger partial charge >= 0.3 is 0 Å². The van der Waals surface area contributed by atoms with Gasteiger partial charge in [0.15, 0.2) is 0 Å². The molecule has 0 saturated carbocycles. The summed E-state index contributed by atoms with van der Waals surface area (Å²) in [7, 11) is 0. The topological polar surface area (TPSA) is 59.0 Å². The highest BCUT2D eigenvalue weighted by Crippen LogP contribution is 2.12. The fraction of sp³-hybridized carbons (Fsp3) is 0.692. The molecule has 1 aromatic heterocycles. The van der Waals surface area contributed by atoms with Crippen LogP contribution in [0.15, 0.2) is 6.33 Å². The number of aromatic nitrogens is 2. The third-order valence-electron chi connectivity index (χ3n) is 3.46. The van der Waals surface area contributed by atoms with Gasteiger partial charge in [-0.15, -0.1) is 0 Å². The summed E-state index contributed by atoms with van der Waals surface area (Å²) in [6, 6.07) is 0.262. The van der Waals surface area contributed by atoms with Crippen LogP contribution >= 0.6 is 0 Å². The first kappa shape index (κ1) is 13.1. The molecule has 1 aliphatic rings. The van der Waals surface area contributed by atoms with Crippen LogP contribution in [0, 0.1) is 0 Å². The van der Waals surface area contributed by atoms with Gasteiger partial charge in [-0.05, 0) is 13.3 Å². The molecule has 2 heterocycles. The normalized spacial score (nSPS) is 16.1. The quantitative estimate of drug-likeness (QED) is 0.814. The lowest BCUT2D eigenvalue weighted by molar-refractivity contribution is -0.121. The van der Waals surface area contributed by atoms with Gasteiger partial charge in [0.25, 0.3) is 0 Å². The Hall–Kier alpha value is -1.36. The number of carbonyl (C=O) groups is 1. The van der Waals surface area contributed by atoms with E-state index in [0.29, 0.717) is 6.42 Å². The molecule has 5 nitrogen and oxygen atoms in total. The fourth-order valence-corrected chi connectivity index (χ4v) is 2.16. The number of nitrogens with one attached hydrogen (secondary N) is 2. The minimum atomic E-state index is 0.126. The lowest BCUT2D eigenvalue weighted by Crippen LogP contribution is -2.32. The molecule has 0 bridgehead atoms. The van der Waals surface area contributed by atoms with Gasteiger partial charge in [0, 0.05) is 44.2 Å². The van der Waals surface area contributed by atoms with Crippen molar-refractivity contribution in [3.63, 3.8) is 0 Å². The van der Waals surface area contributed by atoms with E-state index in [1.165, 1.54) is 5.69 Å². The molecule has 1 aliphatic heterocycles. The molecule has 1 aromatic rings. The number of nitrogens with zero attached hydrogens (tertiary/aromatic N) is 2. The summed E-state index contributed by atoms with van der Waals surface area (Å²) in [4.78, 5) is 16.1. The molecule has 2 rings (SSSR count). The van der Waals surface area contributed by atoms with Gasteiger partial charge in [-0.2, -0.15) is 0 Å². The summed E-state index contributed by atoms with van der Waals surface area (Å²) in [6.45, 7) is 6.68. The predicted molar refractivity (Wildman–Crippen MR) is 70.2 cm³/mol. The van der Waals surface area contributed by atoms with Crippen molar-refractivity contribution in [2.24, 2.45) is 0 Å². The van der Waals surface area contributed by atoms with Gasteiger partial charge in [0.2, 0.25) is 5.91 Å². The van der Waals surface area contributed by atoms with Crippen LogP contribution in [0.4, 0.5) is 0 Å². The van der Waals surface area contributed by atoms with Crippen LogP contribution in [-0.4, -0.2) is 28.0 Å². The summed E-state index contributed by atoms with van der Waals surface area (Å²) in [6.07, 6.45) is 4.36. The standard InChI is InChI=1S/C13H22N4O/c1-3-10(2)16-13(18)5-7-17-9-15-11-8-14-6-4-12(11)17/h9-10,14H,3-8H2,1-2H3,(H,16,18). The van der Waals surface area contributed by atoms with Crippen molar-refractivity contribution in [1.29, 1.82) is 0 Å². The Kier molecular flexibility index (Phi) is 4.36. The fourth-order valence-electron chi connectivity index (χ4n) is 2.16. The van der Waals surface area contributed by atoms with E-state index in [1.807, 2.05) is 13.3 Å². The number of fused-ring (bicyclic) bond motifs is 1. The van der Waals surface area contributed by atoms with Crippen LogP contribution in [0.2, 0.25) is 0 Å². The minimum Gasteiger partial charge on any atom is -0.354 e. The Morgan fingerprint density at radius 1 is 1.67 bits per heavy atom. The summed E-state index contributed by atoms with van der Waals surface area (Å²) >= 11 is 0. The van der Waals surface area contributed by atoms with Crippen LogP contribution in [-0.2, 0) is 24.3 Å². The van der Waals surface area contributed by atoms with Crippen LogP contribution in [0.1, 0.15) is 38.1 Å². The Bertz CT molecular complexity index is 413. The van der Waals surface area contributed by atoms with E-state index < -0.39 is 0 Å². The van der Waals surface area contributed by atoms with E-state index in [9.17, 15) is 4.79 Å². The first-order valence-corrected chi connectivity index (χ1v) is 6.73. The number of hydrogen-bond acceptors (Lipinski definition) is 3. The maximum atomic E-state index is 11.7. The Balaban J connectivity index is 1.86. The van der Waals surface area contributed by atoms with Crippen LogP contribution in [0.5, 0.6) is 0 Å². The zero-order valence-corrected chi connectivity index (χ0v) is 11.2. The maximum Gasteiger partial charge on any atom is 0.221 e. The van der Waals surface area contributed by atoms with Crippen molar-refractivity contribution in [2.75, 3.05) is 6.54 Å². The van der Waals surface area contributed by atoms with E-state index in [2.05, 4.69) is 27.1 Å². The number of aryl methyl sites for hydroxylation is 1. The first-order chi connectivity index (χ1) is 8.70. The lowest BCUT2D eigenvalue weighted by atomic mass is 10.2. The molecular weight excluding hydrogens is 228 g/mol. The Labute approximate surface area is 108 Å². The average molecular weight is 250 g/mol. The van der Waals surface area contributed by atoms with Gasteiger partial charge in [-0.1, -0.05) is 6.92 Å². The van der Waals surface area contributed by atoms with E-state index in [4.69, 9.17) is 0 Å². The van der Waals surface area contributed by atoms with Crippen LogP contribution < -0.4 is 10.6 Å². The SMILES string of the molecule is CCC(C)NC(=O)CCn1cnc2c1CCNC2. The lowest BCUT2D eigenvalue weighted by Gasteiger charge is -2.15. The molecule has 18 heavy (non-hydrogen) atoms. The molecular formula is C13H22N4O. The molecule has 0 radical (unpaired) electrons. The van der Waals surface area contributed by atoms with E-state index in [0.717, 1.165) is 38.2 Å². The molecule has 0 spiro atoms. The van der Waals surface area contributed by atoms with Crippen molar-refractivity contribution >= 4 is 5.91 Å². The van der Waals surface area contributed by atoms with Gasteiger partial charge in [0.05, 0.1) is 12.0 Å². The summed E-state index contributed by atoms with van der Waals surface area (Å²) in [5.74, 6) is 0.126. The van der Waals surface area contributed by atoms with Crippen molar-refractivity contribution in [3.05, 3.63) is 17.7 Å². The molecule has 2 N–H and O–H groups in total. The highest BCUT2D eigenvalue weighted by Gasteiger charge is 2.15. The Morgan fingerprint density at radius 2 is 2.50 bits per heavy atom. The van der Waals surface area contributed by atoms with Crippen molar-refractivity contribution < 1.29 is 4.79 Å². The van der Waals surface area contributed by atoms with Gasteiger partial charge in [-0.25, -0.2) is 4.98 Å². The van der Waals surface area contributed by atoms with Crippen molar-refractivity contribution in [3.8, 4) is 0 Å². The second-order valence-corrected chi connectivity index (χ2v) is 4.88. The summed E-state index contributed by atoms with van der Waals surface area (Å²) in [5, 5.41) is 6.28. The number of hydrogen-bond donors (Lipinski definition) is 2. The second kappa shape index (κ2) is 6.00. The molecule has 5 heteroatoms. The monoisotopic (exact) mass is 250 g/mol. The number of rotatable bonds is 5. The van der Waals surface area contributed by atoms with E-state index in [-0.39, 0.29) is 11.9 Å². The van der Waals surface area contributed by atoms with E-state index >= 15 is 0 Å². The third kappa shape index (κ3) is 3.10. The van der Waals surface area contributed by atoms with Crippen molar-refractivity contribution in [2.45, 2.75) is 52.2 Å². The molecule has 0 aromatic carbocycles. The molecule has 0 fully saturated rings. The van der Waals surface area contributed by atoms with Crippen molar-refractivity contribution in [1.82, 2.24) is 20.2 Å². The minimum absolute atomic E-state index is 0.126.